The lowest BCUT2D eigenvalue weighted by Gasteiger charge is -1.86. The molecule has 7 heavy (non-hydrogen) atoms. The van der Waals surface area contributed by atoms with Crippen molar-refractivity contribution in [3.05, 3.63) is 16.8 Å². The Kier molecular flexibility index (Phi) is 1.32. The molecule has 1 aromatic heterocycles. The van der Waals surface area contributed by atoms with Gasteiger partial charge in [-0.3, -0.25) is 0 Å². The Morgan fingerprint density at radius 3 is 3.00 bits per heavy atom. The highest BCUT2D eigenvalue weighted by atomic mass is 32.1. The second-order valence-electron chi connectivity index (χ2n) is 1.09. The van der Waals surface area contributed by atoms with E-state index in [0.29, 0.717) is 0 Å². The Labute approximate surface area is 46.6 Å². The fraction of sp³-hybridized carbons (Fsp3) is 0.200. The number of thiophene rings is 1. The lowest BCUT2D eigenvalue weighted by molar-refractivity contribution is 0.416. The first-order valence-corrected chi connectivity index (χ1v) is 2.80. The first kappa shape index (κ1) is 4.65. The molecule has 0 unspecified atom stereocenters. The summed E-state index contributed by atoms with van der Waals surface area (Å²) >= 11 is 1.51. The van der Waals surface area contributed by atoms with E-state index in [0.717, 1.165) is 5.75 Å². The molecule has 0 aliphatic heterocycles. The van der Waals surface area contributed by atoms with Crippen LogP contribution in [0, 0.1) is 5.38 Å². The molecule has 0 bridgehead atoms. The van der Waals surface area contributed by atoms with E-state index in [2.05, 4.69) is 5.38 Å². The van der Waals surface area contributed by atoms with Crippen LogP contribution in [0.1, 0.15) is 0 Å². The average molecular weight is 113 g/mol. The zero-order chi connectivity index (χ0) is 5.11. The van der Waals surface area contributed by atoms with Crippen LogP contribution in [0.4, 0.5) is 0 Å². The molecular formula is C5H5OS. The van der Waals surface area contributed by atoms with Crippen LogP contribution in [-0.4, -0.2) is 7.11 Å². The molecule has 1 aromatic rings. The third kappa shape index (κ3) is 0.933. The molecule has 1 nitrogen and oxygen atoms in total. The maximum absolute atomic E-state index is 4.81. The van der Waals surface area contributed by atoms with Gasteiger partial charge < -0.3 is 4.74 Å². The number of rotatable bonds is 1. The van der Waals surface area contributed by atoms with E-state index in [-0.39, 0.29) is 0 Å². The van der Waals surface area contributed by atoms with Crippen LogP contribution in [0.2, 0.25) is 0 Å². The van der Waals surface area contributed by atoms with Crippen molar-refractivity contribution in [1.29, 1.82) is 0 Å². The van der Waals surface area contributed by atoms with Gasteiger partial charge in [0.1, 0.15) is 5.75 Å². The van der Waals surface area contributed by atoms with Crippen molar-refractivity contribution in [3.8, 4) is 5.75 Å². The van der Waals surface area contributed by atoms with Crippen LogP contribution in [0.15, 0.2) is 11.4 Å². The molecule has 1 radical (unpaired) electrons. The van der Waals surface area contributed by atoms with Crippen LogP contribution in [-0.2, 0) is 0 Å². The standard InChI is InChI=1S/C5H5OS/c1-6-5-2-3-7-4-5/h2-3H,1H3. The predicted octanol–water partition coefficient (Wildman–Crippen LogP) is 1.56. The molecule has 0 aliphatic carbocycles. The molecule has 1 heterocycles. The largest absolute Gasteiger partial charge is 0.495 e. The second-order valence-corrected chi connectivity index (χ2v) is 1.80. The van der Waals surface area contributed by atoms with Gasteiger partial charge in [-0.15, -0.1) is 11.3 Å². The summed E-state index contributed by atoms with van der Waals surface area (Å²) in [6.45, 7) is 0. The monoisotopic (exact) mass is 113 g/mol. The second kappa shape index (κ2) is 1.98. The summed E-state index contributed by atoms with van der Waals surface area (Å²) in [7, 11) is 1.64. The van der Waals surface area contributed by atoms with Gasteiger partial charge in [0, 0.05) is 0 Å². The van der Waals surface area contributed by atoms with Gasteiger partial charge in [-0.1, -0.05) is 0 Å². The van der Waals surface area contributed by atoms with E-state index in [1.54, 1.807) is 7.11 Å². The van der Waals surface area contributed by atoms with Crippen molar-refractivity contribution in [1.82, 2.24) is 0 Å². The Bertz CT molecular complexity index is 123. The molecule has 0 spiro atoms. The summed E-state index contributed by atoms with van der Waals surface area (Å²) < 4.78 is 4.81. The Hall–Kier alpha value is -0.500. The van der Waals surface area contributed by atoms with E-state index in [1.807, 2.05) is 11.4 Å². The van der Waals surface area contributed by atoms with E-state index in [4.69, 9.17) is 4.74 Å². The van der Waals surface area contributed by atoms with Gasteiger partial charge in [0.15, 0.2) is 0 Å². The maximum atomic E-state index is 4.81. The fourth-order valence-electron chi connectivity index (χ4n) is 0.332. The zero-order valence-corrected chi connectivity index (χ0v) is 4.79. The SMILES string of the molecule is COc1[c]scc1. The lowest BCUT2D eigenvalue weighted by atomic mass is 10.6. The summed E-state index contributed by atoms with van der Waals surface area (Å²) in [6.07, 6.45) is 0. The van der Waals surface area contributed by atoms with Crippen LogP contribution in [0.5, 0.6) is 5.75 Å². The van der Waals surface area contributed by atoms with E-state index in [9.17, 15) is 0 Å². The number of hydrogen-bond donors (Lipinski definition) is 0. The van der Waals surface area contributed by atoms with Crippen molar-refractivity contribution in [2.24, 2.45) is 0 Å². The van der Waals surface area contributed by atoms with Crippen molar-refractivity contribution >= 4 is 11.3 Å². The topological polar surface area (TPSA) is 9.23 Å². The first-order valence-electron chi connectivity index (χ1n) is 1.92. The quantitative estimate of drug-likeness (QED) is 0.537. The minimum atomic E-state index is 0.824. The smallest absolute Gasteiger partial charge is 0.138 e. The van der Waals surface area contributed by atoms with E-state index < -0.39 is 0 Å². The molecule has 0 aromatic carbocycles. The Morgan fingerprint density at radius 2 is 2.71 bits per heavy atom. The van der Waals surface area contributed by atoms with Crippen LogP contribution in [0.3, 0.4) is 0 Å². The first-order chi connectivity index (χ1) is 3.43. The van der Waals surface area contributed by atoms with E-state index >= 15 is 0 Å². The van der Waals surface area contributed by atoms with Gasteiger partial charge in [0.05, 0.1) is 12.5 Å². The molecule has 2 heteroatoms. The van der Waals surface area contributed by atoms with Crippen LogP contribution >= 0.6 is 11.3 Å². The summed E-state index contributed by atoms with van der Waals surface area (Å²) in [4.78, 5) is 0. The summed E-state index contributed by atoms with van der Waals surface area (Å²) in [5, 5.41) is 4.84. The molecule has 1 rings (SSSR count). The van der Waals surface area contributed by atoms with Gasteiger partial charge in [0.25, 0.3) is 0 Å². The molecule has 0 saturated carbocycles. The van der Waals surface area contributed by atoms with Crippen molar-refractivity contribution in [3.63, 3.8) is 0 Å². The third-order valence-corrected chi connectivity index (χ3v) is 1.26. The fourth-order valence-corrected chi connectivity index (χ4v) is 0.859. The Balaban J connectivity index is 2.76. The lowest BCUT2D eigenvalue weighted by Crippen LogP contribution is -1.75. The zero-order valence-electron chi connectivity index (χ0n) is 3.97. The number of methoxy groups -OCH3 is 1. The normalized spacial score (nSPS) is 8.71. The molecule has 0 amide bonds. The average Bonchev–Trinajstić information content (AvgIpc) is 2.14. The van der Waals surface area contributed by atoms with Crippen molar-refractivity contribution < 1.29 is 4.74 Å². The minimum Gasteiger partial charge on any atom is -0.495 e. The molecule has 0 saturated heterocycles. The van der Waals surface area contributed by atoms with Gasteiger partial charge >= 0.3 is 0 Å². The van der Waals surface area contributed by atoms with Gasteiger partial charge in [-0.2, -0.15) is 0 Å². The van der Waals surface area contributed by atoms with Crippen LogP contribution < -0.4 is 4.74 Å². The summed E-state index contributed by atoms with van der Waals surface area (Å²) in [5.74, 6) is 0.824. The Morgan fingerprint density at radius 1 is 1.86 bits per heavy atom. The highest BCUT2D eigenvalue weighted by Gasteiger charge is 1.84. The number of hydrogen-bond acceptors (Lipinski definition) is 2. The highest BCUT2D eigenvalue weighted by molar-refractivity contribution is 7.07. The minimum absolute atomic E-state index is 0.824. The number of ether oxygens (including phenoxy) is 1. The van der Waals surface area contributed by atoms with Gasteiger partial charge in [-0.25, -0.2) is 0 Å². The highest BCUT2D eigenvalue weighted by Crippen LogP contribution is 2.11. The third-order valence-electron chi connectivity index (χ3n) is 0.667. The summed E-state index contributed by atoms with van der Waals surface area (Å²) in [6, 6.07) is 1.88. The van der Waals surface area contributed by atoms with Gasteiger partial charge in [-0.05, 0) is 11.4 Å². The van der Waals surface area contributed by atoms with Crippen LogP contribution in [0.25, 0.3) is 0 Å². The molecular weight excluding hydrogens is 108 g/mol. The van der Waals surface area contributed by atoms with Gasteiger partial charge in [0.2, 0.25) is 0 Å². The maximum Gasteiger partial charge on any atom is 0.138 e. The predicted molar refractivity (Wildman–Crippen MR) is 29.7 cm³/mol. The summed E-state index contributed by atoms with van der Waals surface area (Å²) in [5.41, 5.74) is 0. The molecule has 37 valence electrons. The molecule has 0 aliphatic rings. The molecule has 0 N–H and O–H groups in total. The van der Waals surface area contributed by atoms with Crippen molar-refractivity contribution in [2.75, 3.05) is 7.11 Å². The molecule has 0 fully saturated rings. The van der Waals surface area contributed by atoms with Crippen molar-refractivity contribution in [2.45, 2.75) is 0 Å². The molecule has 0 atom stereocenters. The van der Waals surface area contributed by atoms with E-state index in [1.165, 1.54) is 11.3 Å².